The zero-order chi connectivity index (χ0) is 51.8. The van der Waals surface area contributed by atoms with E-state index in [0.29, 0.717) is 56.5 Å². The van der Waals surface area contributed by atoms with Gasteiger partial charge in [-0.1, -0.05) is 80.5 Å². The van der Waals surface area contributed by atoms with Crippen molar-refractivity contribution in [2.75, 3.05) is 39.6 Å². The fourth-order valence-electron chi connectivity index (χ4n) is 9.73. The first-order valence-electron chi connectivity index (χ1n) is 25.0. The lowest BCUT2D eigenvalue weighted by Crippen LogP contribution is -2.50. The molecule has 0 saturated carbocycles. The van der Waals surface area contributed by atoms with Crippen molar-refractivity contribution in [3.05, 3.63) is 124 Å². The summed E-state index contributed by atoms with van der Waals surface area (Å²) in [5.74, 6) is -0.775. The van der Waals surface area contributed by atoms with Crippen LogP contribution in [0.2, 0.25) is 0 Å². The molecule has 4 aromatic carbocycles. The maximum absolute atomic E-state index is 14.1. The number of likely N-dealkylation sites (tertiary alicyclic amines) is 1. The molecule has 384 valence electrons. The first-order chi connectivity index (χ1) is 35.1. The van der Waals surface area contributed by atoms with Crippen LogP contribution in [0, 0.1) is 32.1 Å². The Morgan fingerprint density at radius 2 is 1.60 bits per heavy atom. The number of ether oxygens (including phenoxy) is 3. The van der Waals surface area contributed by atoms with Gasteiger partial charge in [0, 0.05) is 85.6 Å². The molecule has 3 aromatic heterocycles. The number of rotatable bonds is 23. The molecule has 1 aliphatic heterocycles. The number of nitrogens with two attached hydrogens (primary N) is 1. The normalized spacial score (nSPS) is 15.3. The molecule has 1 fully saturated rings. The summed E-state index contributed by atoms with van der Waals surface area (Å²) in [7, 11) is 0. The Labute approximate surface area is 430 Å². The maximum Gasteiger partial charge on any atom is 0.249 e. The number of Topliss-reactive ketones (excluding diaryl/α,β-unsaturated/α-hetero) is 1. The van der Waals surface area contributed by atoms with Crippen molar-refractivity contribution >= 4 is 56.6 Å². The van der Waals surface area contributed by atoms with E-state index in [-0.39, 0.29) is 50.1 Å². The number of aliphatic hydroxyl groups excluding tert-OH is 1. The highest BCUT2D eigenvalue weighted by Crippen LogP contribution is 2.39. The SMILES string of the molecule is Cc1ncsc1-c1ccc(CNC(=O)[C@@H]2C[C@@H](O)CN2C(=O)[C@@H](CC(=O)COCCCOCCCCOc2ccc3c(c2)c2c(C(N)=O)cc(-c4c(C)noc4C)cc2n3Cc2ccccc2)C(C)(C)C)cc1. The lowest BCUT2D eigenvalue weighted by Gasteiger charge is -2.34. The number of ketones is 1. The lowest BCUT2D eigenvalue weighted by atomic mass is 9.77. The summed E-state index contributed by atoms with van der Waals surface area (Å²) in [6.45, 7) is 13.9. The minimum Gasteiger partial charge on any atom is -0.494 e. The summed E-state index contributed by atoms with van der Waals surface area (Å²) in [5.41, 5.74) is 15.9. The topological polar surface area (TPSA) is 201 Å². The Morgan fingerprint density at radius 1 is 0.863 bits per heavy atom. The van der Waals surface area contributed by atoms with Crippen molar-refractivity contribution in [3.8, 4) is 27.3 Å². The Balaban J connectivity index is 0.771. The van der Waals surface area contributed by atoms with Gasteiger partial charge in [-0.05, 0) is 98.0 Å². The molecule has 1 saturated heterocycles. The Morgan fingerprint density at radius 3 is 2.30 bits per heavy atom. The van der Waals surface area contributed by atoms with E-state index in [2.05, 4.69) is 38.2 Å². The number of aromatic nitrogens is 3. The van der Waals surface area contributed by atoms with Crippen molar-refractivity contribution in [1.82, 2.24) is 24.9 Å². The number of carbonyl (C=O) groups excluding carboxylic acids is 4. The van der Waals surface area contributed by atoms with Gasteiger partial charge >= 0.3 is 0 Å². The van der Waals surface area contributed by atoms with Crippen LogP contribution in [0.15, 0.2) is 95.0 Å². The molecule has 0 spiro atoms. The smallest absolute Gasteiger partial charge is 0.249 e. The third-order valence-electron chi connectivity index (χ3n) is 13.6. The molecule has 0 radical (unpaired) electrons. The average molecular weight is 1010 g/mol. The second-order valence-electron chi connectivity index (χ2n) is 20.0. The molecule has 15 nitrogen and oxygen atoms in total. The van der Waals surface area contributed by atoms with Crippen molar-refractivity contribution in [1.29, 1.82) is 0 Å². The monoisotopic (exact) mass is 1010 g/mol. The van der Waals surface area contributed by atoms with E-state index in [1.165, 1.54) is 4.90 Å². The van der Waals surface area contributed by atoms with E-state index >= 15 is 0 Å². The minimum atomic E-state index is -0.846. The van der Waals surface area contributed by atoms with Gasteiger partial charge in [0.15, 0.2) is 5.78 Å². The largest absolute Gasteiger partial charge is 0.494 e. The Hall–Kier alpha value is -6.72. The third kappa shape index (κ3) is 12.6. The molecule has 16 heteroatoms. The van der Waals surface area contributed by atoms with Gasteiger partial charge in [0.25, 0.3) is 0 Å². The zero-order valence-electron chi connectivity index (χ0n) is 42.6. The van der Waals surface area contributed by atoms with Crippen molar-refractivity contribution in [3.63, 3.8) is 0 Å². The van der Waals surface area contributed by atoms with Crippen LogP contribution in [0.3, 0.4) is 0 Å². The number of fused-ring (bicyclic) bond motifs is 3. The van der Waals surface area contributed by atoms with Crippen LogP contribution in [0.4, 0.5) is 0 Å². The highest BCUT2D eigenvalue weighted by molar-refractivity contribution is 7.13. The van der Waals surface area contributed by atoms with Crippen LogP contribution in [0.1, 0.15) is 91.5 Å². The van der Waals surface area contributed by atoms with Crippen LogP contribution in [0.25, 0.3) is 43.4 Å². The number of carbonyl (C=O) groups is 4. The summed E-state index contributed by atoms with van der Waals surface area (Å²) < 4.78 is 25.5. The molecule has 1 aliphatic rings. The number of benzene rings is 4. The number of unbranched alkanes of at least 4 members (excludes halogenated alkanes) is 1. The number of amides is 3. The van der Waals surface area contributed by atoms with Crippen molar-refractivity contribution < 1.29 is 43.0 Å². The maximum atomic E-state index is 14.1. The van der Waals surface area contributed by atoms with Crippen LogP contribution in [0.5, 0.6) is 5.75 Å². The number of hydrogen-bond acceptors (Lipinski definition) is 12. The van der Waals surface area contributed by atoms with Gasteiger partial charge in [0.2, 0.25) is 17.7 Å². The molecule has 0 aliphatic carbocycles. The predicted octanol–water partition coefficient (Wildman–Crippen LogP) is 9.13. The van der Waals surface area contributed by atoms with E-state index in [1.807, 2.05) is 114 Å². The standard InChI is InChI=1S/C57H66N6O9S/c1-35-51(37(3)72-61-35)41-25-46(54(58)66)52-45-29-44(19-20-48(45)62(49(52)26-41)31-39-13-8-7-9-14-39)71-24-11-10-21-69-22-12-23-70-33-43(65)27-47(57(4,5)6)56(68)63-32-42(64)28-50(63)55(67)59-30-38-15-17-40(18-16-38)53-36(2)60-34-73-53/h7-9,13-20,25-26,29,34,42,47,50,64H,10-12,21-24,27-28,30-33H2,1-6H3,(H2,58,66)(H,59,67)/t42-,47-,50+/m1/s1. The van der Waals surface area contributed by atoms with Gasteiger partial charge in [-0.3, -0.25) is 19.2 Å². The van der Waals surface area contributed by atoms with Crippen LogP contribution in [-0.2, 0) is 36.9 Å². The van der Waals surface area contributed by atoms with Gasteiger partial charge < -0.3 is 44.4 Å². The lowest BCUT2D eigenvalue weighted by molar-refractivity contribution is -0.146. The van der Waals surface area contributed by atoms with Crippen LogP contribution >= 0.6 is 11.3 Å². The fourth-order valence-corrected chi connectivity index (χ4v) is 10.5. The van der Waals surface area contributed by atoms with Crippen molar-refractivity contribution in [2.24, 2.45) is 17.1 Å². The highest BCUT2D eigenvalue weighted by atomic mass is 32.1. The molecular formula is C57H66N6O9S. The minimum absolute atomic E-state index is 0.0248. The number of hydrogen-bond donors (Lipinski definition) is 3. The summed E-state index contributed by atoms with van der Waals surface area (Å²) in [4.78, 5) is 60.8. The predicted molar refractivity (Wildman–Crippen MR) is 282 cm³/mol. The first-order valence-corrected chi connectivity index (χ1v) is 25.9. The molecule has 4 N–H and O–H groups in total. The molecular weight excluding hydrogens is 945 g/mol. The quantitative estimate of drug-likeness (QED) is 0.0516. The molecule has 4 heterocycles. The van der Waals surface area contributed by atoms with E-state index in [9.17, 15) is 24.3 Å². The van der Waals surface area contributed by atoms with E-state index in [0.717, 1.165) is 78.7 Å². The number of aliphatic hydroxyl groups is 1. The van der Waals surface area contributed by atoms with Gasteiger partial charge in [0.1, 0.15) is 24.2 Å². The van der Waals surface area contributed by atoms with E-state index in [1.54, 1.807) is 11.3 Å². The third-order valence-corrected chi connectivity index (χ3v) is 14.5. The Kier molecular flexibility index (Phi) is 16.9. The van der Waals surface area contributed by atoms with Crippen LogP contribution in [-0.4, -0.2) is 99.9 Å². The molecule has 3 atom stereocenters. The van der Waals surface area contributed by atoms with Gasteiger partial charge in [-0.15, -0.1) is 11.3 Å². The summed E-state index contributed by atoms with van der Waals surface area (Å²) in [6.07, 6.45) is 1.36. The Bertz CT molecular complexity index is 3040. The second-order valence-corrected chi connectivity index (χ2v) is 20.9. The van der Waals surface area contributed by atoms with Gasteiger partial charge in [-0.25, -0.2) is 4.98 Å². The number of β-amino-alcohol motifs (C(OH)–C–C–N with tert-alkyl or cyclic N) is 1. The highest BCUT2D eigenvalue weighted by Gasteiger charge is 2.44. The fraction of sp³-hybridized carbons (Fsp3) is 0.404. The van der Waals surface area contributed by atoms with E-state index < -0.39 is 29.4 Å². The summed E-state index contributed by atoms with van der Waals surface area (Å²) in [5, 5.41) is 19.3. The van der Waals surface area contributed by atoms with Gasteiger partial charge in [0.05, 0.1) is 40.0 Å². The molecule has 8 rings (SSSR count). The number of thiazole rings is 1. The molecule has 73 heavy (non-hydrogen) atoms. The number of aryl methyl sites for hydroxylation is 3. The molecule has 0 bridgehead atoms. The van der Waals surface area contributed by atoms with Crippen LogP contribution < -0.4 is 15.8 Å². The average Bonchev–Trinajstić information content (AvgIpc) is 4.15. The molecule has 3 amide bonds. The zero-order valence-corrected chi connectivity index (χ0v) is 43.4. The molecule has 0 unspecified atom stereocenters. The van der Waals surface area contributed by atoms with E-state index in [4.69, 9.17) is 24.5 Å². The number of primary amides is 1. The van der Waals surface area contributed by atoms with Crippen molar-refractivity contribution in [2.45, 2.75) is 98.9 Å². The second kappa shape index (κ2) is 23.4. The summed E-state index contributed by atoms with van der Waals surface area (Å²) >= 11 is 1.58. The van der Waals surface area contributed by atoms with Gasteiger partial charge in [-0.2, -0.15) is 0 Å². The number of nitrogens with zero attached hydrogens (tertiary/aromatic N) is 4. The molecule has 7 aromatic rings. The summed E-state index contributed by atoms with van der Waals surface area (Å²) in [6, 6.07) is 27.1. The first kappa shape index (κ1) is 52.6. The number of nitrogens with one attached hydrogen (secondary N) is 1.